The number of nitrogen functional groups attached to an aromatic ring is 1. The molecule has 2 aromatic rings. The quantitative estimate of drug-likeness (QED) is 0.871. The Hall–Kier alpha value is -2.17. The monoisotopic (exact) mass is 233 g/mol. The lowest BCUT2D eigenvalue weighted by molar-refractivity contribution is 0.292. The van der Waals surface area contributed by atoms with Crippen molar-refractivity contribution in [2.45, 2.75) is 6.61 Å². The zero-order chi connectivity index (χ0) is 12.3. The summed E-state index contributed by atoms with van der Waals surface area (Å²) >= 11 is 0. The molecule has 1 aromatic heterocycles. The van der Waals surface area contributed by atoms with Crippen LogP contribution in [0.2, 0.25) is 0 Å². The Morgan fingerprint density at radius 2 is 2.06 bits per heavy atom. The van der Waals surface area contributed by atoms with Crippen molar-refractivity contribution in [2.75, 3.05) is 12.8 Å². The van der Waals surface area contributed by atoms with E-state index in [1.54, 1.807) is 17.9 Å². The maximum absolute atomic E-state index is 5.63. The molecule has 5 nitrogen and oxygen atoms in total. The van der Waals surface area contributed by atoms with Gasteiger partial charge in [0.15, 0.2) is 0 Å². The smallest absolute Gasteiger partial charge is 0.145 e. The molecule has 0 fully saturated rings. The molecule has 0 bridgehead atoms. The van der Waals surface area contributed by atoms with Gasteiger partial charge >= 0.3 is 0 Å². The highest BCUT2D eigenvalue weighted by molar-refractivity contribution is 5.33. The number of aromatic nitrogens is 2. The highest BCUT2D eigenvalue weighted by Crippen LogP contribution is 2.20. The number of nitrogens with two attached hydrogens (primary N) is 1. The number of hydrogen-bond donors (Lipinski definition) is 1. The van der Waals surface area contributed by atoms with Crippen molar-refractivity contribution >= 4 is 5.82 Å². The van der Waals surface area contributed by atoms with Crippen molar-refractivity contribution in [1.82, 2.24) is 9.78 Å². The molecule has 0 spiro atoms. The van der Waals surface area contributed by atoms with Gasteiger partial charge in [-0.3, -0.25) is 4.68 Å². The van der Waals surface area contributed by atoms with E-state index in [9.17, 15) is 0 Å². The maximum atomic E-state index is 5.63. The molecular formula is C12H15N3O2. The largest absolute Gasteiger partial charge is 0.497 e. The summed E-state index contributed by atoms with van der Waals surface area (Å²) in [5.41, 5.74) is 6.51. The molecule has 1 heterocycles. The van der Waals surface area contributed by atoms with Crippen LogP contribution in [0.25, 0.3) is 0 Å². The first kappa shape index (κ1) is 11.3. The Morgan fingerprint density at radius 1 is 1.29 bits per heavy atom. The average Bonchev–Trinajstić information content (AvgIpc) is 2.65. The van der Waals surface area contributed by atoms with Gasteiger partial charge in [0.1, 0.15) is 23.9 Å². The molecule has 0 saturated carbocycles. The van der Waals surface area contributed by atoms with Gasteiger partial charge in [-0.2, -0.15) is 5.10 Å². The summed E-state index contributed by atoms with van der Waals surface area (Å²) in [6.07, 6.45) is 0. The van der Waals surface area contributed by atoms with Gasteiger partial charge < -0.3 is 15.2 Å². The minimum absolute atomic E-state index is 0.424. The lowest BCUT2D eigenvalue weighted by Gasteiger charge is -2.07. The molecule has 0 aliphatic heterocycles. The predicted octanol–water partition coefficient (Wildman–Crippen LogP) is 1.59. The summed E-state index contributed by atoms with van der Waals surface area (Å²) in [6.45, 7) is 0.424. The normalized spacial score (nSPS) is 10.2. The van der Waals surface area contributed by atoms with E-state index in [2.05, 4.69) is 5.10 Å². The number of benzene rings is 1. The van der Waals surface area contributed by atoms with E-state index in [0.29, 0.717) is 12.4 Å². The van der Waals surface area contributed by atoms with E-state index in [-0.39, 0.29) is 0 Å². The summed E-state index contributed by atoms with van der Waals surface area (Å²) in [5.74, 6) is 2.02. The van der Waals surface area contributed by atoms with Gasteiger partial charge in [0, 0.05) is 19.2 Å². The van der Waals surface area contributed by atoms with Crippen LogP contribution in [0.3, 0.4) is 0 Å². The summed E-state index contributed by atoms with van der Waals surface area (Å²) < 4.78 is 12.5. The highest BCUT2D eigenvalue weighted by Gasteiger charge is 2.03. The van der Waals surface area contributed by atoms with Gasteiger partial charge in [0.2, 0.25) is 0 Å². The molecule has 0 saturated heterocycles. The van der Waals surface area contributed by atoms with Crippen LogP contribution in [0.1, 0.15) is 5.69 Å². The van der Waals surface area contributed by atoms with E-state index < -0.39 is 0 Å². The third-order valence-corrected chi connectivity index (χ3v) is 2.42. The van der Waals surface area contributed by atoms with Crippen LogP contribution in [0, 0.1) is 0 Å². The number of rotatable bonds is 4. The van der Waals surface area contributed by atoms with Crippen LogP contribution in [0.15, 0.2) is 30.3 Å². The third-order valence-electron chi connectivity index (χ3n) is 2.42. The molecule has 5 heteroatoms. The van der Waals surface area contributed by atoms with Crippen LogP contribution >= 0.6 is 0 Å². The van der Waals surface area contributed by atoms with Crippen LogP contribution < -0.4 is 15.2 Å². The number of methoxy groups -OCH3 is 1. The summed E-state index contributed by atoms with van der Waals surface area (Å²) in [4.78, 5) is 0. The standard InChI is InChI=1S/C12H15N3O2/c1-15-9(6-12(13)14-15)8-17-11-5-3-4-10(7-11)16-2/h3-7H,8H2,1-2H3,(H2,13,14). The molecular weight excluding hydrogens is 218 g/mol. The average molecular weight is 233 g/mol. The number of hydrogen-bond acceptors (Lipinski definition) is 4. The lowest BCUT2D eigenvalue weighted by Crippen LogP contribution is -2.03. The second-order valence-electron chi connectivity index (χ2n) is 3.65. The first-order valence-corrected chi connectivity index (χ1v) is 5.24. The molecule has 0 atom stereocenters. The maximum Gasteiger partial charge on any atom is 0.145 e. The first-order chi connectivity index (χ1) is 8.19. The first-order valence-electron chi connectivity index (χ1n) is 5.24. The zero-order valence-corrected chi connectivity index (χ0v) is 9.88. The van der Waals surface area contributed by atoms with E-state index in [1.165, 1.54) is 0 Å². The van der Waals surface area contributed by atoms with Gasteiger partial charge in [-0.1, -0.05) is 6.07 Å². The fourth-order valence-corrected chi connectivity index (χ4v) is 1.51. The Balaban J connectivity index is 2.04. The van der Waals surface area contributed by atoms with Crippen molar-refractivity contribution in [3.8, 4) is 11.5 Å². The Morgan fingerprint density at radius 3 is 2.71 bits per heavy atom. The number of aryl methyl sites for hydroxylation is 1. The zero-order valence-electron chi connectivity index (χ0n) is 9.88. The van der Waals surface area contributed by atoms with E-state index in [1.807, 2.05) is 31.3 Å². The van der Waals surface area contributed by atoms with Crippen molar-refractivity contribution in [3.63, 3.8) is 0 Å². The van der Waals surface area contributed by atoms with E-state index in [4.69, 9.17) is 15.2 Å². The Labute approximate surface area is 99.8 Å². The molecule has 2 rings (SSSR count). The fourth-order valence-electron chi connectivity index (χ4n) is 1.51. The van der Waals surface area contributed by atoms with Gasteiger partial charge in [-0.25, -0.2) is 0 Å². The topological polar surface area (TPSA) is 62.3 Å². The van der Waals surface area contributed by atoms with E-state index in [0.717, 1.165) is 17.2 Å². The molecule has 0 aliphatic rings. The molecule has 0 aliphatic carbocycles. The van der Waals surface area contributed by atoms with E-state index >= 15 is 0 Å². The van der Waals surface area contributed by atoms with Crippen LogP contribution in [-0.4, -0.2) is 16.9 Å². The molecule has 17 heavy (non-hydrogen) atoms. The molecule has 0 unspecified atom stereocenters. The second kappa shape index (κ2) is 4.78. The molecule has 2 N–H and O–H groups in total. The molecule has 0 radical (unpaired) electrons. The number of anilines is 1. The summed E-state index contributed by atoms with van der Waals surface area (Å²) in [6, 6.07) is 9.25. The van der Waals surface area contributed by atoms with Crippen molar-refractivity contribution in [2.24, 2.45) is 7.05 Å². The Kier molecular flexibility index (Phi) is 3.18. The van der Waals surface area contributed by atoms with Crippen LogP contribution in [-0.2, 0) is 13.7 Å². The number of nitrogens with zero attached hydrogens (tertiary/aromatic N) is 2. The van der Waals surface area contributed by atoms with Gasteiger partial charge in [0.25, 0.3) is 0 Å². The van der Waals surface area contributed by atoms with Crippen molar-refractivity contribution < 1.29 is 9.47 Å². The van der Waals surface area contributed by atoms with Crippen LogP contribution in [0.5, 0.6) is 11.5 Å². The minimum Gasteiger partial charge on any atom is -0.497 e. The highest BCUT2D eigenvalue weighted by atomic mass is 16.5. The molecule has 90 valence electrons. The Bertz CT molecular complexity index is 508. The SMILES string of the molecule is COc1cccc(OCc2cc(N)nn2C)c1. The number of ether oxygens (including phenoxy) is 2. The van der Waals surface area contributed by atoms with Gasteiger partial charge in [0.05, 0.1) is 12.8 Å². The second-order valence-corrected chi connectivity index (χ2v) is 3.65. The summed E-state index contributed by atoms with van der Waals surface area (Å²) in [5, 5.41) is 4.05. The molecule has 1 aromatic carbocycles. The van der Waals surface area contributed by atoms with Gasteiger partial charge in [-0.15, -0.1) is 0 Å². The summed E-state index contributed by atoms with van der Waals surface area (Å²) in [7, 11) is 3.46. The lowest BCUT2D eigenvalue weighted by atomic mass is 10.3. The van der Waals surface area contributed by atoms with Gasteiger partial charge in [-0.05, 0) is 12.1 Å². The molecule has 0 amide bonds. The fraction of sp³-hybridized carbons (Fsp3) is 0.250. The van der Waals surface area contributed by atoms with Crippen molar-refractivity contribution in [3.05, 3.63) is 36.0 Å². The van der Waals surface area contributed by atoms with Crippen molar-refractivity contribution in [1.29, 1.82) is 0 Å². The minimum atomic E-state index is 0.424. The van der Waals surface area contributed by atoms with Crippen LogP contribution in [0.4, 0.5) is 5.82 Å². The third kappa shape index (κ3) is 2.69. The predicted molar refractivity (Wildman–Crippen MR) is 64.9 cm³/mol.